The molecule has 0 spiro atoms. The molecule has 2 unspecified atom stereocenters. The Morgan fingerprint density at radius 1 is 1.05 bits per heavy atom. The van der Waals surface area contributed by atoms with E-state index in [-0.39, 0.29) is 5.54 Å². The van der Waals surface area contributed by atoms with Crippen molar-refractivity contribution in [2.45, 2.75) is 70.8 Å². The minimum Gasteiger partial charge on any atom is -0.330 e. The molecule has 3 heteroatoms. The third kappa shape index (κ3) is 4.43. The van der Waals surface area contributed by atoms with Gasteiger partial charge in [-0.05, 0) is 69.2 Å². The average Bonchev–Trinajstić information content (AvgIpc) is 2.35. The molecule has 0 saturated heterocycles. The van der Waals surface area contributed by atoms with Gasteiger partial charge in [0, 0.05) is 6.54 Å². The lowest BCUT2D eigenvalue weighted by Gasteiger charge is -2.46. The quantitative estimate of drug-likeness (QED) is 0.581. The topological polar surface area (TPSA) is 50.7 Å². The molecule has 2 N–H and O–H groups in total. The van der Waals surface area contributed by atoms with Gasteiger partial charge in [-0.2, -0.15) is 0 Å². The van der Waals surface area contributed by atoms with Crippen LogP contribution in [0, 0.1) is 17.8 Å². The van der Waals surface area contributed by atoms with Crippen molar-refractivity contribution in [3.8, 4) is 0 Å². The monoisotopic (exact) mass is 277 g/mol. The van der Waals surface area contributed by atoms with Gasteiger partial charge in [-0.1, -0.05) is 20.3 Å². The lowest BCUT2D eigenvalue weighted by molar-refractivity contribution is 0.0859. The second-order valence-electron chi connectivity index (χ2n) is 7.33. The van der Waals surface area contributed by atoms with E-state index in [0.29, 0.717) is 0 Å². The summed E-state index contributed by atoms with van der Waals surface area (Å²) in [7, 11) is 0. The molecule has 0 heterocycles. The Kier molecular flexibility index (Phi) is 5.80. The molecule has 0 aliphatic heterocycles. The number of hydrogen-bond acceptors (Lipinski definition) is 3. The largest absolute Gasteiger partial charge is 0.330 e. The van der Waals surface area contributed by atoms with Crippen molar-refractivity contribution in [3.63, 3.8) is 0 Å². The van der Waals surface area contributed by atoms with Crippen molar-refractivity contribution in [1.82, 2.24) is 0 Å². The third-order valence-electron chi connectivity index (χ3n) is 4.93. The Balaban J connectivity index is 1.89. The van der Waals surface area contributed by atoms with Crippen molar-refractivity contribution in [3.05, 3.63) is 0 Å². The van der Waals surface area contributed by atoms with Crippen LogP contribution in [-0.4, -0.2) is 24.6 Å². The van der Waals surface area contributed by atoms with Gasteiger partial charge in [0.15, 0.2) is 0 Å². The summed E-state index contributed by atoms with van der Waals surface area (Å²) in [6, 6.07) is 3.04. The maximum absolute atomic E-state index is 5.48. The van der Waals surface area contributed by atoms with Crippen LogP contribution in [0.15, 0.2) is 9.98 Å². The SMILES string of the molecule is CC1CC2CC(C)CC(N=C=NCCCCCN)(C1)C2. The molecule has 2 aliphatic carbocycles. The molecule has 2 aliphatic rings. The molecule has 0 radical (unpaired) electrons. The summed E-state index contributed by atoms with van der Waals surface area (Å²) in [4.78, 5) is 9.18. The molecule has 0 aromatic carbocycles. The van der Waals surface area contributed by atoms with E-state index in [0.717, 1.165) is 43.7 Å². The van der Waals surface area contributed by atoms with Crippen LogP contribution in [0.3, 0.4) is 0 Å². The maximum atomic E-state index is 5.48. The fourth-order valence-electron chi connectivity index (χ4n) is 4.49. The minimum atomic E-state index is 0.167. The second-order valence-corrected chi connectivity index (χ2v) is 7.33. The highest BCUT2D eigenvalue weighted by Gasteiger charge is 2.44. The zero-order valence-electron chi connectivity index (χ0n) is 13.3. The lowest BCUT2D eigenvalue weighted by Crippen LogP contribution is -2.43. The van der Waals surface area contributed by atoms with E-state index in [2.05, 4.69) is 24.8 Å². The van der Waals surface area contributed by atoms with Crippen LogP contribution in [0.25, 0.3) is 0 Å². The van der Waals surface area contributed by atoms with E-state index in [1.807, 2.05) is 0 Å². The molecule has 2 saturated carbocycles. The number of hydrogen-bond donors (Lipinski definition) is 1. The van der Waals surface area contributed by atoms with Crippen molar-refractivity contribution in [1.29, 1.82) is 0 Å². The van der Waals surface area contributed by atoms with E-state index >= 15 is 0 Å². The molecule has 2 rings (SSSR count). The predicted molar refractivity (Wildman–Crippen MR) is 85.3 cm³/mol. The number of nitrogens with zero attached hydrogens (tertiary/aromatic N) is 2. The first-order valence-electron chi connectivity index (χ1n) is 8.47. The van der Waals surface area contributed by atoms with E-state index < -0.39 is 0 Å². The van der Waals surface area contributed by atoms with E-state index in [4.69, 9.17) is 10.7 Å². The fraction of sp³-hybridized carbons (Fsp3) is 0.941. The number of fused-ring (bicyclic) bond motifs is 2. The van der Waals surface area contributed by atoms with Gasteiger partial charge in [0.25, 0.3) is 0 Å². The van der Waals surface area contributed by atoms with Gasteiger partial charge < -0.3 is 5.73 Å². The first-order valence-corrected chi connectivity index (χ1v) is 8.47. The van der Waals surface area contributed by atoms with E-state index in [1.165, 1.54) is 38.5 Å². The molecule has 2 bridgehead atoms. The normalized spacial score (nSPS) is 36.2. The summed E-state index contributed by atoms with van der Waals surface area (Å²) in [6.07, 6.45) is 9.94. The highest BCUT2D eigenvalue weighted by Crippen LogP contribution is 2.49. The van der Waals surface area contributed by atoms with Gasteiger partial charge in [0.05, 0.1) is 11.5 Å². The maximum Gasteiger partial charge on any atom is 0.0898 e. The van der Waals surface area contributed by atoms with Crippen LogP contribution in [0.2, 0.25) is 0 Å². The average molecular weight is 277 g/mol. The molecule has 20 heavy (non-hydrogen) atoms. The zero-order valence-corrected chi connectivity index (χ0v) is 13.3. The van der Waals surface area contributed by atoms with Gasteiger partial charge in [-0.3, -0.25) is 0 Å². The summed E-state index contributed by atoms with van der Waals surface area (Å²) in [6.45, 7) is 6.42. The number of rotatable bonds is 6. The molecule has 2 atom stereocenters. The smallest absolute Gasteiger partial charge is 0.0898 e. The highest BCUT2D eigenvalue weighted by atomic mass is 14.9. The van der Waals surface area contributed by atoms with Crippen LogP contribution in [0.5, 0.6) is 0 Å². The Morgan fingerprint density at radius 2 is 1.75 bits per heavy atom. The van der Waals surface area contributed by atoms with Gasteiger partial charge in [0.1, 0.15) is 0 Å². The van der Waals surface area contributed by atoms with Crippen molar-refractivity contribution in [2.75, 3.05) is 13.1 Å². The number of nitrogens with two attached hydrogens (primary N) is 1. The standard InChI is InChI=1S/C17H31N3/c1-14-8-16-9-15(2)11-17(10-14,12-16)20-13-19-7-5-3-4-6-18/h14-16H,3-12,18H2,1-2H3. The first-order chi connectivity index (χ1) is 9.63. The minimum absolute atomic E-state index is 0.167. The number of aliphatic imine (C=N–C) groups is 2. The van der Waals surface area contributed by atoms with Crippen molar-refractivity contribution >= 4 is 6.01 Å². The van der Waals surface area contributed by atoms with Crippen LogP contribution < -0.4 is 5.73 Å². The molecule has 114 valence electrons. The summed E-state index contributed by atoms with van der Waals surface area (Å²) in [5.74, 6) is 2.52. The van der Waals surface area contributed by atoms with Crippen LogP contribution in [-0.2, 0) is 0 Å². The van der Waals surface area contributed by atoms with E-state index in [1.54, 1.807) is 0 Å². The Labute approximate surface area is 124 Å². The van der Waals surface area contributed by atoms with Crippen LogP contribution in [0.1, 0.15) is 65.2 Å². The molecule has 0 amide bonds. The molecule has 0 aromatic rings. The fourth-order valence-corrected chi connectivity index (χ4v) is 4.49. The third-order valence-corrected chi connectivity index (χ3v) is 4.93. The highest BCUT2D eigenvalue weighted by molar-refractivity contribution is 5.42. The predicted octanol–water partition coefficient (Wildman–Crippen LogP) is 3.89. The lowest BCUT2D eigenvalue weighted by atomic mass is 9.61. The Morgan fingerprint density at radius 3 is 2.40 bits per heavy atom. The van der Waals surface area contributed by atoms with Gasteiger partial charge in [0.2, 0.25) is 0 Å². The molecule has 2 fully saturated rings. The molecule has 0 aromatic heterocycles. The summed E-state index contributed by atoms with van der Waals surface area (Å²) in [5, 5.41) is 0. The van der Waals surface area contributed by atoms with Crippen molar-refractivity contribution in [2.24, 2.45) is 33.5 Å². The Hall–Kier alpha value is -0.660. The first kappa shape index (κ1) is 15.7. The molecular weight excluding hydrogens is 246 g/mol. The summed E-state index contributed by atoms with van der Waals surface area (Å²) >= 11 is 0. The summed E-state index contributed by atoms with van der Waals surface area (Å²) in [5.41, 5.74) is 5.65. The van der Waals surface area contributed by atoms with Gasteiger partial charge in [-0.15, -0.1) is 0 Å². The van der Waals surface area contributed by atoms with E-state index in [9.17, 15) is 0 Å². The van der Waals surface area contributed by atoms with Crippen molar-refractivity contribution < 1.29 is 0 Å². The number of unbranched alkanes of at least 4 members (excludes halogenated alkanes) is 2. The molecule has 3 nitrogen and oxygen atoms in total. The van der Waals surface area contributed by atoms with Crippen LogP contribution >= 0.6 is 0 Å². The zero-order chi connectivity index (χ0) is 14.4. The van der Waals surface area contributed by atoms with Gasteiger partial charge >= 0.3 is 0 Å². The second kappa shape index (κ2) is 7.38. The summed E-state index contributed by atoms with van der Waals surface area (Å²) < 4.78 is 0. The molecular formula is C17H31N3. The Bertz CT molecular complexity index is 338. The van der Waals surface area contributed by atoms with Gasteiger partial charge in [-0.25, -0.2) is 9.98 Å². The van der Waals surface area contributed by atoms with Crippen LogP contribution in [0.4, 0.5) is 0 Å².